The van der Waals surface area contributed by atoms with Crippen molar-refractivity contribution in [2.24, 2.45) is 11.8 Å². The molecule has 0 aliphatic heterocycles. The van der Waals surface area contributed by atoms with Gasteiger partial charge in [0.05, 0.1) is 0 Å². The Kier molecular flexibility index (Phi) is 2.56. The largest absolute Gasteiger partial charge is 0.368 e. The summed E-state index contributed by atoms with van der Waals surface area (Å²) in [6.45, 7) is 3.27. The molecule has 2 atom stereocenters. The van der Waals surface area contributed by atoms with Crippen molar-refractivity contribution in [3.05, 3.63) is 0 Å². The number of rotatable bonds is 3. The second-order valence-corrected chi connectivity index (χ2v) is 4.21. The minimum atomic E-state index is 0.368. The molecule has 4 N–H and O–H groups in total. The monoisotopic (exact) mass is 195 g/mol. The third kappa shape index (κ3) is 2.16. The van der Waals surface area contributed by atoms with Gasteiger partial charge in [-0.15, -0.1) is 5.10 Å². The van der Waals surface area contributed by atoms with E-state index in [2.05, 4.69) is 27.4 Å². The molecule has 2 rings (SSSR count). The van der Waals surface area contributed by atoms with Crippen molar-refractivity contribution in [3.63, 3.8) is 0 Å². The Labute approximate surface area is 83.5 Å². The van der Waals surface area contributed by atoms with E-state index in [0.29, 0.717) is 11.9 Å². The number of nitrogens with one attached hydrogen (secondary N) is 2. The number of hydrogen-bond donors (Lipinski definition) is 3. The highest BCUT2D eigenvalue weighted by molar-refractivity contribution is 5.29. The molecule has 0 radical (unpaired) electrons. The van der Waals surface area contributed by atoms with E-state index >= 15 is 0 Å². The molecule has 0 aromatic carbocycles. The van der Waals surface area contributed by atoms with E-state index in [4.69, 9.17) is 5.73 Å². The van der Waals surface area contributed by atoms with Gasteiger partial charge in [0, 0.05) is 6.54 Å². The van der Waals surface area contributed by atoms with Crippen LogP contribution in [0, 0.1) is 11.8 Å². The highest BCUT2D eigenvalue weighted by Gasteiger charge is 2.21. The second-order valence-electron chi connectivity index (χ2n) is 4.21. The summed E-state index contributed by atoms with van der Waals surface area (Å²) >= 11 is 0. The summed E-state index contributed by atoms with van der Waals surface area (Å²) < 4.78 is 0. The predicted octanol–water partition coefficient (Wildman–Crippen LogP) is 1.23. The number of H-pyrrole nitrogens is 1. The van der Waals surface area contributed by atoms with Gasteiger partial charge in [-0.3, -0.25) is 0 Å². The van der Waals surface area contributed by atoms with Gasteiger partial charge < -0.3 is 11.1 Å². The minimum absolute atomic E-state index is 0.368. The van der Waals surface area contributed by atoms with E-state index in [0.717, 1.165) is 18.4 Å². The van der Waals surface area contributed by atoms with Crippen LogP contribution < -0.4 is 11.1 Å². The average Bonchev–Trinajstić information content (AvgIpc) is 2.72. The first kappa shape index (κ1) is 9.30. The van der Waals surface area contributed by atoms with Crippen molar-refractivity contribution in [2.75, 3.05) is 17.6 Å². The van der Waals surface area contributed by atoms with Crippen LogP contribution in [-0.4, -0.2) is 21.7 Å². The Morgan fingerprint density at radius 2 is 2.43 bits per heavy atom. The molecule has 1 fully saturated rings. The molecule has 0 spiro atoms. The van der Waals surface area contributed by atoms with E-state index in [-0.39, 0.29) is 0 Å². The molecule has 78 valence electrons. The smallest absolute Gasteiger partial charge is 0.243 e. The van der Waals surface area contributed by atoms with Gasteiger partial charge >= 0.3 is 0 Å². The lowest BCUT2D eigenvalue weighted by Crippen LogP contribution is -2.12. The summed E-state index contributed by atoms with van der Waals surface area (Å²) in [7, 11) is 0. The fraction of sp³-hybridized carbons (Fsp3) is 0.778. The summed E-state index contributed by atoms with van der Waals surface area (Å²) in [5.74, 6) is 2.62. The number of nitrogen functional groups attached to an aromatic ring is 1. The maximum absolute atomic E-state index is 5.42. The van der Waals surface area contributed by atoms with E-state index in [1.807, 2.05) is 0 Å². The second kappa shape index (κ2) is 3.86. The van der Waals surface area contributed by atoms with Crippen LogP contribution in [0.25, 0.3) is 0 Å². The molecule has 1 aromatic rings. The molecular weight excluding hydrogens is 178 g/mol. The first-order valence-corrected chi connectivity index (χ1v) is 5.16. The SMILES string of the molecule is CC1CCC(CNc2n[nH]c(N)n2)C1. The zero-order valence-electron chi connectivity index (χ0n) is 8.45. The molecule has 5 nitrogen and oxygen atoms in total. The van der Waals surface area contributed by atoms with Crippen LogP contribution in [0.1, 0.15) is 26.2 Å². The summed E-state index contributed by atoms with van der Waals surface area (Å²) in [5, 5.41) is 9.72. The van der Waals surface area contributed by atoms with Gasteiger partial charge in [-0.1, -0.05) is 13.3 Å². The standard InChI is InChI=1S/C9H17N5/c1-6-2-3-7(4-6)5-11-9-12-8(10)13-14-9/h6-7H,2-5H2,1H3,(H4,10,11,12,13,14). The van der Waals surface area contributed by atoms with Gasteiger partial charge in [0.2, 0.25) is 11.9 Å². The first-order chi connectivity index (χ1) is 6.74. The van der Waals surface area contributed by atoms with Crippen molar-refractivity contribution >= 4 is 11.9 Å². The number of aromatic nitrogens is 3. The molecule has 1 heterocycles. The third-order valence-electron chi connectivity index (χ3n) is 2.85. The van der Waals surface area contributed by atoms with Gasteiger partial charge in [0.1, 0.15) is 0 Å². The molecule has 0 bridgehead atoms. The molecule has 1 aliphatic rings. The molecule has 0 saturated heterocycles. The minimum Gasteiger partial charge on any atom is -0.368 e. The van der Waals surface area contributed by atoms with Crippen molar-refractivity contribution in [2.45, 2.75) is 26.2 Å². The lowest BCUT2D eigenvalue weighted by molar-refractivity contribution is 0.536. The summed E-state index contributed by atoms with van der Waals surface area (Å²) in [6.07, 6.45) is 3.98. The first-order valence-electron chi connectivity index (χ1n) is 5.16. The van der Waals surface area contributed by atoms with Crippen molar-refractivity contribution < 1.29 is 0 Å². The molecule has 1 aromatic heterocycles. The van der Waals surface area contributed by atoms with Gasteiger partial charge in [0.25, 0.3) is 0 Å². The highest BCUT2D eigenvalue weighted by Crippen LogP contribution is 2.30. The molecule has 5 heteroatoms. The Morgan fingerprint density at radius 1 is 1.57 bits per heavy atom. The van der Waals surface area contributed by atoms with Crippen molar-refractivity contribution in [1.82, 2.24) is 15.2 Å². The molecule has 1 saturated carbocycles. The summed E-state index contributed by atoms with van der Waals surface area (Å²) in [4.78, 5) is 3.99. The van der Waals surface area contributed by atoms with Crippen LogP contribution >= 0.6 is 0 Å². The van der Waals surface area contributed by atoms with Crippen LogP contribution in [0.15, 0.2) is 0 Å². The maximum Gasteiger partial charge on any atom is 0.243 e. The van der Waals surface area contributed by atoms with Gasteiger partial charge in [-0.05, 0) is 24.7 Å². The topological polar surface area (TPSA) is 79.6 Å². The number of aromatic amines is 1. The van der Waals surface area contributed by atoms with E-state index in [1.165, 1.54) is 19.3 Å². The summed E-state index contributed by atoms with van der Waals surface area (Å²) in [5.41, 5.74) is 5.42. The lowest BCUT2D eigenvalue weighted by Gasteiger charge is -2.08. The fourth-order valence-corrected chi connectivity index (χ4v) is 2.10. The highest BCUT2D eigenvalue weighted by atomic mass is 15.3. The Morgan fingerprint density at radius 3 is 3.00 bits per heavy atom. The molecule has 14 heavy (non-hydrogen) atoms. The number of hydrogen-bond acceptors (Lipinski definition) is 4. The summed E-state index contributed by atoms with van der Waals surface area (Å²) in [6, 6.07) is 0. The van der Waals surface area contributed by atoms with E-state index < -0.39 is 0 Å². The Bertz CT molecular complexity index is 295. The number of anilines is 2. The predicted molar refractivity (Wildman–Crippen MR) is 55.8 cm³/mol. The van der Waals surface area contributed by atoms with Crippen LogP contribution in [0.5, 0.6) is 0 Å². The van der Waals surface area contributed by atoms with Crippen molar-refractivity contribution in [3.8, 4) is 0 Å². The van der Waals surface area contributed by atoms with Gasteiger partial charge in [-0.25, -0.2) is 5.10 Å². The van der Waals surface area contributed by atoms with E-state index in [1.54, 1.807) is 0 Å². The zero-order valence-corrected chi connectivity index (χ0v) is 8.45. The average molecular weight is 195 g/mol. The van der Waals surface area contributed by atoms with Crippen LogP contribution in [-0.2, 0) is 0 Å². The van der Waals surface area contributed by atoms with Crippen LogP contribution in [0.3, 0.4) is 0 Å². The molecule has 2 unspecified atom stereocenters. The number of nitrogens with zero attached hydrogens (tertiary/aromatic N) is 2. The quantitative estimate of drug-likeness (QED) is 0.677. The lowest BCUT2D eigenvalue weighted by atomic mass is 10.1. The van der Waals surface area contributed by atoms with Crippen molar-refractivity contribution in [1.29, 1.82) is 0 Å². The molecule has 0 amide bonds. The third-order valence-corrected chi connectivity index (χ3v) is 2.85. The maximum atomic E-state index is 5.42. The van der Waals surface area contributed by atoms with E-state index in [9.17, 15) is 0 Å². The van der Waals surface area contributed by atoms with Crippen LogP contribution in [0.2, 0.25) is 0 Å². The Balaban J connectivity index is 1.77. The van der Waals surface area contributed by atoms with Gasteiger partial charge in [0.15, 0.2) is 0 Å². The Hall–Kier alpha value is -1.26. The zero-order chi connectivity index (χ0) is 9.97. The normalized spacial score (nSPS) is 26.6. The molecular formula is C9H17N5. The molecule has 1 aliphatic carbocycles. The van der Waals surface area contributed by atoms with Crippen LogP contribution in [0.4, 0.5) is 11.9 Å². The number of nitrogens with two attached hydrogens (primary N) is 1. The fourth-order valence-electron chi connectivity index (χ4n) is 2.10. The van der Waals surface area contributed by atoms with Gasteiger partial charge in [-0.2, -0.15) is 4.98 Å².